The summed E-state index contributed by atoms with van der Waals surface area (Å²) in [5.41, 5.74) is 2.86. The Morgan fingerprint density at radius 2 is 2.17 bits per heavy atom. The molecule has 98 valence electrons. The number of hydrogen-bond acceptors (Lipinski definition) is 2. The van der Waals surface area contributed by atoms with Gasteiger partial charge in [-0.25, -0.2) is 0 Å². The third-order valence-corrected chi connectivity index (χ3v) is 4.42. The molecule has 1 saturated carbocycles. The van der Waals surface area contributed by atoms with Crippen molar-refractivity contribution >= 4 is 5.69 Å². The molecule has 2 N–H and O–H groups in total. The first kappa shape index (κ1) is 12.0. The minimum Gasteiger partial charge on any atom is -0.384 e. The topological polar surface area (TPSA) is 24.1 Å². The Hall–Kier alpha value is -1.02. The monoisotopic (exact) mass is 244 g/mol. The van der Waals surface area contributed by atoms with Gasteiger partial charge in [0.05, 0.1) is 0 Å². The molecule has 1 aromatic carbocycles. The van der Waals surface area contributed by atoms with Crippen LogP contribution in [0.5, 0.6) is 0 Å². The maximum absolute atomic E-state index is 3.72. The van der Waals surface area contributed by atoms with Crippen LogP contribution in [0.2, 0.25) is 0 Å². The average Bonchev–Trinajstić information content (AvgIpc) is 3.00. The van der Waals surface area contributed by atoms with Crippen molar-refractivity contribution in [1.29, 1.82) is 0 Å². The Kier molecular flexibility index (Phi) is 3.55. The summed E-state index contributed by atoms with van der Waals surface area (Å²) in [7, 11) is 0. The fourth-order valence-electron chi connectivity index (χ4n) is 3.25. The molecule has 1 fully saturated rings. The highest BCUT2D eigenvalue weighted by Crippen LogP contribution is 2.36. The molecule has 0 bridgehead atoms. The van der Waals surface area contributed by atoms with E-state index in [1.54, 1.807) is 0 Å². The number of anilines is 1. The largest absolute Gasteiger partial charge is 0.384 e. The zero-order valence-corrected chi connectivity index (χ0v) is 11.3. The normalized spacial score (nSPS) is 28.8. The van der Waals surface area contributed by atoms with Crippen LogP contribution in [0.3, 0.4) is 0 Å². The van der Waals surface area contributed by atoms with Gasteiger partial charge >= 0.3 is 0 Å². The number of benzene rings is 1. The first-order valence-electron chi connectivity index (χ1n) is 7.44. The molecule has 1 aliphatic heterocycles. The maximum atomic E-state index is 3.72. The lowest BCUT2D eigenvalue weighted by atomic mass is 9.98. The molecule has 2 aliphatic rings. The van der Waals surface area contributed by atoms with Gasteiger partial charge in [0.15, 0.2) is 0 Å². The average molecular weight is 244 g/mol. The lowest BCUT2D eigenvalue weighted by molar-refractivity contribution is 0.556. The molecule has 3 rings (SSSR count). The second-order valence-corrected chi connectivity index (χ2v) is 5.80. The lowest BCUT2D eigenvalue weighted by Gasteiger charge is -2.10. The fraction of sp³-hybridized carbons (Fsp3) is 0.625. The van der Waals surface area contributed by atoms with Gasteiger partial charge in [0.2, 0.25) is 0 Å². The second-order valence-electron chi connectivity index (χ2n) is 5.80. The molecular formula is C16H24N2. The summed E-state index contributed by atoms with van der Waals surface area (Å²) in [6.07, 6.45) is 5.42. The molecule has 2 heteroatoms. The molecule has 0 spiro atoms. The smallest absolute Gasteiger partial charge is 0.0376 e. The van der Waals surface area contributed by atoms with E-state index in [1.807, 2.05) is 0 Å². The standard InChI is InChI=1S/C16H24N2/c1-2-5-12-10-16(12)17-9-8-13-11-18-15-7-4-3-6-14(13)15/h3-4,6-7,12-13,16-18H,2,5,8-11H2,1H3. The van der Waals surface area contributed by atoms with Crippen LogP contribution in [0.25, 0.3) is 0 Å². The molecule has 1 heterocycles. The van der Waals surface area contributed by atoms with E-state index in [0.717, 1.165) is 18.5 Å². The summed E-state index contributed by atoms with van der Waals surface area (Å²) in [6.45, 7) is 4.58. The molecule has 0 saturated heterocycles. The van der Waals surface area contributed by atoms with Gasteiger partial charge in [-0.1, -0.05) is 31.5 Å². The Labute approximate surface area is 110 Å². The third kappa shape index (κ3) is 2.54. The molecule has 0 aromatic heterocycles. The zero-order valence-electron chi connectivity index (χ0n) is 11.3. The molecule has 0 amide bonds. The Bertz CT molecular complexity index is 402. The SMILES string of the molecule is CCCC1CC1NCCC1CNc2ccccc21. The van der Waals surface area contributed by atoms with Gasteiger partial charge in [-0.05, 0) is 43.4 Å². The van der Waals surface area contributed by atoms with Crippen molar-refractivity contribution in [1.82, 2.24) is 5.32 Å². The Balaban J connectivity index is 1.43. The zero-order chi connectivity index (χ0) is 12.4. The third-order valence-electron chi connectivity index (χ3n) is 4.42. The molecule has 1 aromatic rings. The van der Waals surface area contributed by atoms with Gasteiger partial charge in [0.25, 0.3) is 0 Å². The molecule has 18 heavy (non-hydrogen) atoms. The number of nitrogens with one attached hydrogen (secondary N) is 2. The van der Waals surface area contributed by atoms with Crippen molar-refractivity contribution in [2.75, 3.05) is 18.4 Å². The fourth-order valence-corrected chi connectivity index (χ4v) is 3.25. The Morgan fingerprint density at radius 3 is 3.06 bits per heavy atom. The first-order valence-corrected chi connectivity index (χ1v) is 7.44. The van der Waals surface area contributed by atoms with Crippen LogP contribution < -0.4 is 10.6 Å². The molecule has 0 radical (unpaired) electrons. The number of para-hydroxylation sites is 1. The van der Waals surface area contributed by atoms with Crippen molar-refractivity contribution in [2.45, 2.75) is 44.6 Å². The highest BCUT2D eigenvalue weighted by atomic mass is 15.0. The Morgan fingerprint density at radius 1 is 1.28 bits per heavy atom. The van der Waals surface area contributed by atoms with Crippen LogP contribution in [0.1, 0.15) is 44.1 Å². The second kappa shape index (κ2) is 5.31. The molecule has 1 aliphatic carbocycles. The van der Waals surface area contributed by atoms with Gasteiger partial charge < -0.3 is 10.6 Å². The van der Waals surface area contributed by atoms with Crippen LogP contribution in [-0.2, 0) is 0 Å². The summed E-state index contributed by atoms with van der Waals surface area (Å²) in [5, 5.41) is 7.23. The van der Waals surface area contributed by atoms with E-state index in [4.69, 9.17) is 0 Å². The van der Waals surface area contributed by atoms with Crippen LogP contribution in [0.15, 0.2) is 24.3 Å². The van der Waals surface area contributed by atoms with Gasteiger partial charge in [0.1, 0.15) is 0 Å². The summed E-state index contributed by atoms with van der Waals surface area (Å²) in [4.78, 5) is 0. The van der Waals surface area contributed by atoms with E-state index in [1.165, 1.54) is 43.5 Å². The van der Waals surface area contributed by atoms with Crippen molar-refractivity contribution in [3.63, 3.8) is 0 Å². The van der Waals surface area contributed by atoms with Crippen LogP contribution in [0, 0.1) is 5.92 Å². The number of fused-ring (bicyclic) bond motifs is 1. The number of rotatable bonds is 6. The van der Waals surface area contributed by atoms with Gasteiger partial charge in [-0.3, -0.25) is 0 Å². The van der Waals surface area contributed by atoms with Crippen LogP contribution in [0.4, 0.5) is 5.69 Å². The summed E-state index contributed by atoms with van der Waals surface area (Å²) >= 11 is 0. The predicted octanol–water partition coefficient (Wildman–Crippen LogP) is 3.36. The summed E-state index contributed by atoms with van der Waals surface area (Å²) in [5.74, 6) is 1.68. The quantitative estimate of drug-likeness (QED) is 0.802. The summed E-state index contributed by atoms with van der Waals surface area (Å²) < 4.78 is 0. The lowest BCUT2D eigenvalue weighted by Crippen LogP contribution is -2.21. The first-order chi connectivity index (χ1) is 8.88. The molecule has 3 unspecified atom stereocenters. The van der Waals surface area contributed by atoms with Crippen molar-refractivity contribution in [3.05, 3.63) is 29.8 Å². The molecule has 3 atom stereocenters. The summed E-state index contributed by atoms with van der Waals surface area (Å²) in [6, 6.07) is 9.57. The van der Waals surface area contributed by atoms with Gasteiger partial charge in [-0.15, -0.1) is 0 Å². The van der Waals surface area contributed by atoms with Gasteiger partial charge in [0, 0.05) is 24.2 Å². The molecule has 2 nitrogen and oxygen atoms in total. The van der Waals surface area contributed by atoms with E-state index < -0.39 is 0 Å². The number of hydrogen-bond donors (Lipinski definition) is 2. The minimum atomic E-state index is 0.706. The maximum Gasteiger partial charge on any atom is 0.0376 e. The highest BCUT2D eigenvalue weighted by molar-refractivity contribution is 5.57. The van der Waals surface area contributed by atoms with E-state index in [9.17, 15) is 0 Å². The minimum absolute atomic E-state index is 0.706. The van der Waals surface area contributed by atoms with E-state index in [2.05, 4.69) is 41.8 Å². The molecular weight excluding hydrogens is 220 g/mol. The van der Waals surface area contributed by atoms with Crippen molar-refractivity contribution < 1.29 is 0 Å². The van der Waals surface area contributed by atoms with Crippen molar-refractivity contribution in [2.24, 2.45) is 5.92 Å². The predicted molar refractivity (Wildman–Crippen MR) is 77.1 cm³/mol. The van der Waals surface area contributed by atoms with Gasteiger partial charge in [-0.2, -0.15) is 0 Å². The van der Waals surface area contributed by atoms with E-state index in [0.29, 0.717) is 5.92 Å². The van der Waals surface area contributed by atoms with Crippen LogP contribution >= 0.6 is 0 Å². The van der Waals surface area contributed by atoms with E-state index >= 15 is 0 Å². The van der Waals surface area contributed by atoms with Crippen LogP contribution in [-0.4, -0.2) is 19.1 Å². The highest BCUT2D eigenvalue weighted by Gasteiger charge is 2.35. The van der Waals surface area contributed by atoms with E-state index in [-0.39, 0.29) is 0 Å². The van der Waals surface area contributed by atoms with Crippen molar-refractivity contribution in [3.8, 4) is 0 Å².